The van der Waals surface area contributed by atoms with E-state index in [-0.39, 0.29) is 6.04 Å². The van der Waals surface area contributed by atoms with Gasteiger partial charge in [0.05, 0.1) is 13.2 Å². The molecule has 0 radical (unpaired) electrons. The van der Waals surface area contributed by atoms with Crippen LogP contribution in [0.4, 0.5) is 14.5 Å². The molecule has 3 rings (SSSR count). The zero-order valence-corrected chi connectivity index (χ0v) is 15.1. The number of hydrogen-bond acceptors (Lipinski definition) is 3. The molecule has 0 fully saturated rings. The fraction of sp³-hybridized carbons (Fsp3) is 0.182. The predicted octanol–water partition coefficient (Wildman–Crippen LogP) is 4.48. The molecule has 0 saturated heterocycles. The Balaban J connectivity index is 1.79. The molecule has 0 bridgehead atoms. The topological polar surface area (TPSA) is 47.3 Å². The van der Waals surface area contributed by atoms with E-state index in [4.69, 9.17) is 10.5 Å². The van der Waals surface area contributed by atoms with E-state index in [9.17, 15) is 8.78 Å². The largest absolute Gasteiger partial charge is 0.497 e. The highest BCUT2D eigenvalue weighted by molar-refractivity contribution is 5.45. The molecule has 0 aliphatic heterocycles. The van der Waals surface area contributed by atoms with Crippen LogP contribution in [0.3, 0.4) is 0 Å². The Morgan fingerprint density at radius 1 is 0.926 bits per heavy atom. The predicted molar refractivity (Wildman–Crippen MR) is 104 cm³/mol. The van der Waals surface area contributed by atoms with Crippen LogP contribution >= 0.6 is 0 Å². The van der Waals surface area contributed by atoms with Gasteiger partial charge in [0.25, 0.3) is 0 Å². The van der Waals surface area contributed by atoms with Gasteiger partial charge in [-0.05, 0) is 59.5 Å². The van der Waals surface area contributed by atoms with Crippen molar-refractivity contribution < 1.29 is 13.5 Å². The summed E-state index contributed by atoms with van der Waals surface area (Å²) < 4.78 is 32.0. The highest BCUT2D eigenvalue weighted by Crippen LogP contribution is 2.25. The van der Waals surface area contributed by atoms with Crippen LogP contribution < -0.4 is 15.8 Å². The van der Waals surface area contributed by atoms with Gasteiger partial charge in [0.2, 0.25) is 0 Å². The minimum atomic E-state index is -0.562. The molecule has 140 valence electrons. The summed E-state index contributed by atoms with van der Waals surface area (Å²) in [6.07, 6.45) is 0.504. The molecule has 0 amide bonds. The van der Waals surface area contributed by atoms with Crippen LogP contribution in [0.2, 0.25) is 0 Å². The molecule has 5 heteroatoms. The third-order valence-corrected chi connectivity index (χ3v) is 4.38. The fourth-order valence-electron chi connectivity index (χ4n) is 3.08. The van der Waals surface area contributed by atoms with E-state index in [1.807, 2.05) is 48.5 Å². The van der Waals surface area contributed by atoms with Crippen molar-refractivity contribution in [3.8, 4) is 5.75 Å². The molecule has 1 atom stereocenters. The number of nitrogens with two attached hydrogens (primary N) is 1. The van der Waals surface area contributed by atoms with Gasteiger partial charge in [-0.25, -0.2) is 8.78 Å². The smallest absolute Gasteiger partial charge is 0.126 e. The van der Waals surface area contributed by atoms with E-state index in [2.05, 4.69) is 5.32 Å². The molecule has 27 heavy (non-hydrogen) atoms. The summed E-state index contributed by atoms with van der Waals surface area (Å²) in [7, 11) is 1.63. The van der Waals surface area contributed by atoms with Crippen molar-refractivity contribution in [2.24, 2.45) is 0 Å². The number of anilines is 1. The van der Waals surface area contributed by atoms with Gasteiger partial charge in [-0.3, -0.25) is 0 Å². The quantitative estimate of drug-likeness (QED) is 0.605. The molecule has 3 aromatic carbocycles. The van der Waals surface area contributed by atoms with Gasteiger partial charge < -0.3 is 15.8 Å². The van der Waals surface area contributed by atoms with Crippen LogP contribution in [-0.4, -0.2) is 13.7 Å². The number of nitrogens with one attached hydrogen (secondary N) is 1. The Kier molecular flexibility index (Phi) is 6.04. The third-order valence-electron chi connectivity index (χ3n) is 4.38. The highest BCUT2D eigenvalue weighted by atomic mass is 19.1. The molecule has 0 heterocycles. The van der Waals surface area contributed by atoms with Crippen molar-refractivity contribution in [3.05, 3.63) is 95.1 Å². The second-order valence-corrected chi connectivity index (χ2v) is 6.36. The van der Waals surface area contributed by atoms with Crippen molar-refractivity contribution in [2.45, 2.75) is 12.5 Å². The summed E-state index contributed by atoms with van der Waals surface area (Å²) in [5, 5.41) is 3.46. The molecule has 0 saturated carbocycles. The van der Waals surface area contributed by atoms with E-state index in [1.54, 1.807) is 7.11 Å². The Labute approximate surface area is 157 Å². The zero-order chi connectivity index (χ0) is 19.2. The molecule has 0 spiro atoms. The Morgan fingerprint density at radius 3 is 2.26 bits per heavy atom. The number of methoxy groups -OCH3 is 1. The van der Waals surface area contributed by atoms with Gasteiger partial charge in [-0.2, -0.15) is 0 Å². The molecule has 0 aromatic heterocycles. The molecule has 0 aliphatic carbocycles. The Hall–Kier alpha value is -2.92. The minimum Gasteiger partial charge on any atom is -0.497 e. The van der Waals surface area contributed by atoms with E-state index < -0.39 is 11.6 Å². The second-order valence-electron chi connectivity index (χ2n) is 6.36. The number of nitrogen functional groups attached to an aromatic ring is 1. The minimum absolute atomic E-state index is 0.0992. The maximum Gasteiger partial charge on any atom is 0.126 e. The molecule has 3 aromatic rings. The third kappa shape index (κ3) is 5.05. The second kappa shape index (κ2) is 8.64. The maximum absolute atomic E-state index is 13.4. The normalized spacial score (nSPS) is 12.0. The van der Waals surface area contributed by atoms with Gasteiger partial charge in [0.1, 0.15) is 17.4 Å². The first-order valence-corrected chi connectivity index (χ1v) is 8.73. The van der Waals surface area contributed by atoms with Gasteiger partial charge in [-0.15, -0.1) is 0 Å². The lowest BCUT2D eigenvalue weighted by atomic mass is 9.97. The van der Waals surface area contributed by atoms with Crippen molar-refractivity contribution in [2.75, 3.05) is 19.4 Å². The van der Waals surface area contributed by atoms with Crippen LogP contribution in [0.1, 0.15) is 22.7 Å². The van der Waals surface area contributed by atoms with Crippen molar-refractivity contribution in [1.82, 2.24) is 5.32 Å². The van der Waals surface area contributed by atoms with Gasteiger partial charge in [-0.1, -0.05) is 24.3 Å². The van der Waals surface area contributed by atoms with E-state index >= 15 is 0 Å². The zero-order valence-electron chi connectivity index (χ0n) is 15.1. The lowest BCUT2D eigenvalue weighted by Crippen LogP contribution is -2.25. The van der Waals surface area contributed by atoms with Crippen LogP contribution in [0.25, 0.3) is 0 Å². The maximum atomic E-state index is 13.4. The number of benzene rings is 3. The average Bonchev–Trinajstić information content (AvgIpc) is 2.65. The van der Waals surface area contributed by atoms with Crippen LogP contribution in [0.5, 0.6) is 5.75 Å². The lowest BCUT2D eigenvalue weighted by Gasteiger charge is -2.21. The van der Waals surface area contributed by atoms with Crippen LogP contribution in [0.15, 0.2) is 66.7 Å². The molecule has 1 unspecified atom stereocenters. The average molecular weight is 368 g/mol. The monoisotopic (exact) mass is 368 g/mol. The van der Waals surface area contributed by atoms with E-state index in [1.165, 1.54) is 12.1 Å². The summed E-state index contributed by atoms with van der Waals surface area (Å²) in [5.74, 6) is -0.347. The first-order valence-electron chi connectivity index (χ1n) is 8.73. The summed E-state index contributed by atoms with van der Waals surface area (Å²) in [6, 6.07) is 18.9. The molecule has 3 nitrogen and oxygen atoms in total. The first-order chi connectivity index (χ1) is 13.0. The highest BCUT2D eigenvalue weighted by Gasteiger charge is 2.14. The number of ether oxygens (including phenoxy) is 1. The Morgan fingerprint density at radius 2 is 1.63 bits per heavy atom. The number of rotatable bonds is 7. The summed E-state index contributed by atoms with van der Waals surface area (Å²) in [5.41, 5.74) is 9.30. The van der Waals surface area contributed by atoms with Crippen LogP contribution in [0, 0.1) is 11.6 Å². The van der Waals surface area contributed by atoms with Crippen LogP contribution in [-0.2, 0) is 6.42 Å². The van der Waals surface area contributed by atoms with Crippen molar-refractivity contribution in [3.63, 3.8) is 0 Å². The van der Waals surface area contributed by atoms with E-state index in [0.717, 1.165) is 22.9 Å². The SMILES string of the molecule is COc1ccc(C(NCCc2cc(F)cc(F)c2)c2cccc(N)c2)cc1. The summed E-state index contributed by atoms with van der Waals surface area (Å²) in [6.45, 7) is 0.550. The fourth-order valence-corrected chi connectivity index (χ4v) is 3.08. The summed E-state index contributed by atoms with van der Waals surface area (Å²) >= 11 is 0. The van der Waals surface area contributed by atoms with Gasteiger partial charge >= 0.3 is 0 Å². The van der Waals surface area contributed by atoms with E-state index in [0.29, 0.717) is 24.2 Å². The molecule has 3 N–H and O–H groups in total. The molecular formula is C22H22F2N2O. The molecule has 0 aliphatic rings. The van der Waals surface area contributed by atoms with Gasteiger partial charge in [0.15, 0.2) is 0 Å². The number of hydrogen-bond donors (Lipinski definition) is 2. The standard InChI is InChI=1S/C22H22F2N2O/c1-27-21-7-5-16(6-8-21)22(17-3-2-4-20(25)13-17)26-10-9-15-11-18(23)14-19(24)12-15/h2-8,11-14,22,26H,9-10,25H2,1H3. The number of halogens is 2. The summed E-state index contributed by atoms with van der Waals surface area (Å²) in [4.78, 5) is 0. The first kappa shape index (κ1) is 18.9. The van der Waals surface area contributed by atoms with Crippen molar-refractivity contribution in [1.29, 1.82) is 0 Å². The molecular weight excluding hydrogens is 346 g/mol. The Bertz CT molecular complexity index is 877. The van der Waals surface area contributed by atoms with Gasteiger partial charge in [0, 0.05) is 18.3 Å². The lowest BCUT2D eigenvalue weighted by molar-refractivity contribution is 0.414. The van der Waals surface area contributed by atoms with Crippen molar-refractivity contribution >= 4 is 5.69 Å².